The average molecular weight is 860 g/mol. The lowest BCUT2D eigenvalue weighted by Crippen LogP contribution is -3.00. The number of quaternary nitrogens is 1. The van der Waals surface area contributed by atoms with Crippen LogP contribution in [0.25, 0.3) is 0 Å². The molecule has 326 valence electrons. The quantitative estimate of drug-likeness (QED) is 0.0610. The van der Waals surface area contributed by atoms with Gasteiger partial charge in [-0.2, -0.15) is 0 Å². The molecule has 2 aromatic carbocycles. The molecule has 4 rings (SSSR count). The van der Waals surface area contributed by atoms with Crippen LogP contribution in [0.5, 0.6) is 11.5 Å². The molecule has 1 fully saturated rings. The van der Waals surface area contributed by atoms with E-state index in [0.717, 1.165) is 95.1 Å². The minimum Gasteiger partial charge on any atom is -1.00 e. The number of aryl methyl sites for hydroxylation is 2. The van der Waals surface area contributed by atoms with Crippen LogP contribution in [-0.4, -0.2) is 142 Å². The lowest BCUT2D eigenvalue weighted by Gasteiger charge is -2.45. The first-order valence-electron chi connectivity index (χ1n) is 20.3. The van der Waals surface area contributed by atoms with Gasteiger partial charge in [-0.25, -0.2) is 9.97 Å². The Morgan fingerprint density at radius 2 is 1.25 bits per heavy atom. The second kappa shape index (κ2) is 25.3. The average Bonchev–Trinajstić information content (AvgIpc) is 3.19. The van der Waals surface area contributed by atoms with Crippen molar-refractivity contribution in [1.82, 2.24) is 35.7 Å². The molecule has 3 aromatic rings. The van der Waals surface area contributed by atoms with Gasteiger partial charge in [-0.1, -0.05) is 35.9 Å². The zero-order chi connectivity index (χ0) is 41.9. The van der Waals surface area contributed by atoms with Gasteiger partial charge in [-0.15, -0.1) is 0 Å². The van der Waals surface area contributed by atoms with E-state index in [-0.39, 0.29) is 66.0 Å². The number of anilines is 2. The summed E-state index contributed by atoms with van der Waals surface area (Å²) in [4.78, 5) is 50.0. The number of nitrogens with two attached hydrogens (primary N) is 2. The van der Waals surface area contributed by atoms with E-state index in [2.05, 4.69) is 60.0 Å². The Labute approximate surface area is 360 Å². The van der Waals surface area contributed by atoms with E-state index < -0.39 is 5.91 Å². The van der Waals surface area contributed by atoms with Crippen molar-refractivity contribution in [3.8, 4) is 11.5 Å². The number of likely N-dealkylation sites (tertiary alicyclic amines) is 1. The van der Waals surface area contributed by atoms with Crippen LogP contribution in [0.3, 0.4) is 0 Å². The lowest BCUT2D eigenvalue weighted by molar-refractivity contribution is -0.933. The highest BCUT2D eigenvalue weighted by Gasteiger charge is 2.35. The van der Waals surface area contributed by atoms with Crippen molar-refractivity contribution in [2.75, 3.05) is 105 Å². The van der Waals surface area contributed by atoms with Gasteiger partial charge in [0, 0.05) is 25.9 Å². The summed E-state index contributed by atoms with van der Waals surface area (Å²) in [6.45, 7) is 6.71. The molecule has 59 heavy (non-hydrogen) atoms. The summed E-state index contributed by atoms with van der Waals surface area (Å²) in [5, 5.41) is 8.90. The first-order valence-corrected chi connectivity index (χ1v) is 20.7. The minimum atomic E-state index is -0.412. The van der Waals surface area contributed by atoms with Gasteiger partial charge in [-0.3, -0.25) is 14.4 Å². The Hall–Kier alpha value is -4.41. The zero-order valence-corrected chi connectivity index (χ0v) is 36.6. The Kier molecular flexibility index (Phi) is 21.0. The molecule has 1 saturated heterocycles. The fourth-order valence-corrected chi connectivity index (χ4v) is 7.34. The molecular weight excluding hydrogens is 795 g/mol. The lowest BCUT2D eigenvalue weighted by atomic mass is 9.99. The van der Waals surface area contributed by atoms with Gasteiger partial charge in [0.2, 0.25) is 0 Å². The van der Waals surface area contributed by atoms with Crippen LogP contribution in [0.4, 0.5) is 11.6 Å². The van der Waals surface area contributed by atoms with Gasteiger partial charge in [0.1, 0.15) is 11.5 Å². The van der Waals surface area contributed by atoms with Crippen LogP contribution in [0.2, 0.25) is 5.15 Å². The molecule has 15 nitrogen and oxygen atoms in total. The van der Waals surface area contributed by atoms with E-state index in [9.17, 15) is 14.4 Å². The number of ether oxygens (including phenoxy) is 2. The number of nitrogens with zero attached hydrogens (tertiary/aromatic N) is 5. The second-order valence-electron chi connectivity index (χ2n) is 15.7. The van der Waals surface area contributed by atoms with Gasteiger partial charge >= 0.3 is 0 Å². The van der Waals surface area contributed by atoms with Crippen LogP contribution >= 0.6 is 11.6 Å². The van der Waals surface area contributed by atoms with Crippen molar-refractivity contribution >= 4 is 41.0 Å². The molecule has 0 saturated carbocycles. The van der Waals surface area contributed by atoms with Gasteiger partial charge in [0.15, 0.2) is 35.7 Å². The third-order valence-electron chi connectivity index (χ3n) is 10.2. The number of hydrogen-bond donors (Lipinski definition) is 5. The maximum absolute atomic E-state index is 13.3. The number of hydrogen-bond acceptors (Lipinski definition) is 11. The predicted octanol–water partition coefficient (Wildman–Crippen LogP) is 0.166. The fourth-order valence-electron chi connectivity index (χ4n) is 7.21. The summed E-state index contributed by atoms with van der Waals surface area (Å²) in [6, 6.07) is 15.8. The van der Waals surface area contributed by atoms with E-state index in [1.165, 1.54) is 11.1 Å². The van der Waals surface area contributed by atoms with E-state index in [0.29, 0.717) is 24.6 Å². The fraction of sp³-hybridized carbons (Fsp3) is 0.548. The highest BCUT2D eigenvalue weighted by Crippen LogP contribution is 2.25. The number of nitrogens with one attached hydrogen (secondary N) is 3. The summed E-state index contributed by atoms with van der Waals surface area (Å²) in [6.07, 6.45) is 7.25. The number of piperidine rings is 1. The normalized spacial score (nSPS) is 14.7. The maximum atomic E-state index is 13.3. The molecule has 2 heterocycles. The van der Waals surface area contributed by atoms with Gasteiger partial charge in [0.05, 0.1) is 32.2 Å². The van der Waals surface area contributed by atoms with Crippen LogP contribution in [0, 0.1) is 0 Å². The molecule has 1 unspecified atom stereocenters. The molecule has 17 heteroatoms. The van der Waals surface area contributed by atoms with Crippen molar-refractivity contribution < 1.29 is 40.7 Å². The molecule has 1 atom stereocenters. The van der Waals surface area contributed by atoms with E-state index >= 15 is 0 Å². The first kappa shape index (κ1) is 49.0. The molecule has 7 N–H and O–H groups in total. The SMILES string of the molecule is CN(C)CCCNC(=O)COc1ccc(CCC[N+]2(CCCc3ccc(OCC(=O)NCCCN(C)C)cc3)CCCC(NC(=O)c3nc(Cl)c(N)nc3N)C2)cc1.[Cl-]. The monoisotopic (exact) mass is 858 g/mol. The Bertz CT molecular complexity index is 1670. The molecule has 0 radical (unpaired) electrons. The molecule has 0 aliphatic carbocycles. The Morgan fingerprint density at radius 3 is 1.73 bits per heavy atom. The number of halogens is 2. The number of amides is 3. The standard InChI is InChI=1S/C42H63ClN10O5.ClH/c1-51(2)23-8-21-46-36(54)29-57-34-17-13-31(14-18-34)10-5-25-53(27-7-12-33(28-53)48-42(56)38-40(44)50-41(45)39(43)49-38)26-6-11-32-15-19-35(20-16-32)58-30-37(55)47-22-9-24-52(3)4;/h13-20,33H,5-12,21-30H2,1-4H3,(H6-,44,45,46,47,48,50,54,55,56);1H. The first-order chi connectivity index (χ1) is 27.8. The minimum absolute atomic E-state index is 0. The number of benzene rings is 2. The van der Waals surface area contributed by atoms with Gasteiger partial charge < -0.3 is 63.6 Å². The number of carbonyl (C=O) groups is 3. The molecular formula is C42H64Cl2N10O5. The predicted molar refractivity (Wildman–Crippen MR) is 229 cm³/mol. The van der Waals surface area contributed by atoms with Crippen LogP contribution in [0.1, 0.15) is 60.1 Å². The van der Waals surface area contributed by atoms with Crippen molar-refractivity contribution in [1.29, 1.82) is 0 Å². The Morgan fingerprint density at radius 1 is 0.763 bits per heavy atom. The molecule has 1 aromatic heterocycles. The largest absolute Gasteiger partial charge is 1.00 e. The summed E-state index contributed by atoms with van der Waals surface area (Å²) in [5.74, 6) is 0.581. The van der Waals surface area contributed by atoms with Crippen molar-refractivity contribution in [2.24, 2.45) is 0 Å². The third kappa shape index (κ3) is 17.8. The highest BCUT2D eigenvalue weighted by atomic mass is 35.5. The molecule has 3 amide bonds. The van der Waals surface area contributed by atoms with Gasteiger partial charge in [-0.05, 0) is 115 Å². The molecule has 0 spiro atoms. The summed E-state index contributed by atoms with van der Waals surface area (Å²) in [7, 11) is 8.04. The van der Waals surface area contributed by atoms with E-state index in [4.69, 9.17) is 32.5 Å². The summed E-state index contributed by atoms with van der Waals surface area (Å²) in [5.41, 5.74) is 14.1. The zero-order valence-electron chi connectivity index (χ0n) is 35.1. The van der Waals surface area contributed by atoms with Crippen LogP contribution in [-0.2, 0) is 22.4 Å². The van der Waals surface area contributed by atoms with Crippen molar-refractivity contribution in [2.45, 2.75) is 57.4 Å². The molecule has 1 aliphatic rings. The number of carbonyl (C=O) groups excluding carboxylic acids is 3. The third-order valence-corrected chi connectivity index (χ3v) is 10.5. The van der Waals surface area contributed by atoms with Crippen LogP contribution < -0.4 is 49.3 Å². The second-order valence-corrected chi connectivity index (χ2v) is 16.1. The number of nitrogen functional groups attached to an aromatic ring is 2. The number of aromatic nitrogens is 2. The topological polar surface area (TPSA) is 190 Å². The van der Waals surface area contributed by atoms with E-state index in [1.54, 1.807) is 0 Å². The van der Waals surface area contributed by atoms with Crippen molar-refractivity contribution in [3.05, 3.63) is 70.5 Å². The summed E-state index contributed by atoms with van der Waals surface area (Å²) < 4.78 is 12.3. The maximum Gasteiger partial charge on any atom is 0.274 e. The Balaban J connectivity index is 0.00000930. The van der Waals surface area contributed by atoms with Gasteiger partial charge in [0.25, 0.3) is 17.7 Å². The van der Waals surface area contributed by atoms with E-state index in [1.807, 2.05) is 52.5 Å². The number of rotatable bonds is 24. The highest BCUT2D eigenvalue weighted by molar-refractivity contribution is 6.31. The molecule has 0 bridgehead atoms. The molecule has 1 aliphatic heterocycles. The van der Waals surface area contributed by atoms with Crippen molar-refractivity contribution in [3.63, 3.8) is 0 Å². The summed E-state index contributed by atoms with van der Waals surface area (Å²) >= 11 is 6.08. The smallest absolute Gasteiger partial charge is 0.274 e. The van der Waals surface area contributed by atoms with Crippen LogP contribution in [0.15, 0.2) is 48.5 Å².